The van der Waals surface area contributed by atoms with Crippen LogP contribution < -0.4 is 18.9 Å². The summed E-state index contributed by atoms with van der Waals surface area (Å²) in [5.41, 5.74) is 16.8. The van der Waals surface area contributed by atoms with Crippen LogP contribution in [0.1, 0.15) is 335 Å². The first-order chi connectivity index (χ1) is 60.0. The van der Waals surface area contributed by atoms with Gasteiger partial charge in [0.25, 0.3) is 0 Å². The van der Waals surface area contributed by atoms with E-state index in [0.29, 0.717) is 26.4 Å². The summed E-state index contributed by atoms with van der Waals surface area (Å²) in [4.78, 5) is 6.97. The predicted molar refractivity (Wildman–Crippen MR) is 531 cm³/mol. The highest BCUT2D eigenvalue weighted by molar-refractivity contribution is 7.24. The largest absolute Gasteiger partial charge is 0.489 e. The Bertz CT molecular complexity index is 5120. The number of nitrogens with zero attached hydrogens (tertiary/aromatic N) is 6. The molecule has 7 heterocycles. The number of hydrogen-bond acceptors (Lipinski definition) is 17. The SMILES string of the molecule is CCCCCCCCCCCCc1c2cc(-c3c(OCCCCCCCC)c(OCCCCCCCC)c(-c4ccc(-c5ccc(-c6ccc(-c7ccccc7)s6)c6nsnc56)s4)c4nsnc34)sc2c(CCCCCCCCCCCC)c2cc(-c3c(OCCCCCCCC)c(OCCCCCCCC)c(-c4ccccc4)c4nsnc34)sc12. The minimum atomic E-state index is 0.572. The fraction of sp³-hybridized carbons (Fsp3) is 0.538. The molecule has 7 aromatic heterocycles. The molecule has 17 heteroatoms. The van der Waals surface area contributed by atoms with E-state index in [1.807, 2.05) is 34.0 Å². The quantitative estimate of drug-likeness (QED) is 0.0341. The van der Waals surface area contributed by atoms with Crippen molar-refractivity contribution in [2.45, 2.75) is 337 Å². The molecule has 0 saturated heterocycles. The second-order valence-electron chi connectivity index (χ2n) is 33.9. The van der Waals surface area contributed by atoms with Crippen LogP contribution in [0.25, 0.3) is 127 Å². The van der Waals surface area contributed by atoms with Crippen molar-refractivity contribution in [3.8, 4) is 96.8 Å². The van der Waals surface area contributed by atoms with Gasteiger partial charge in [-0.25, -0.2) is 0 Å². The van der Waals surface area contributed by atoms with Gasteiger partial charge in [0, 0.05) is 49.8 Å². The van der Waals surface area contributed by atoms with Crippen molar-refractivity contribution in [1.82, 2.24) is 26.2 Å². The fourth-order valence-electron chi connectivity index (χ4n) is 17.6. The molecule has 10 nitrogen and oxygen atoms in total. The van der Waals surface area contributed by atoms with Gasteiger partial charge in [-0.3, -0.25) is 0 Å². The molecule has 0 amide bonds. The van der Waals surface area contributed by atoms with Gasteiger partial charge >= 0.3 is 0 Å². The smallest absolute Gasteiger partial charge is 0.172 e. The number of hydrogen-bond donors (Lipinski definition) is 0. The summed E-state index contributed by atoms with van der Waals surface area (Å²) in [6, 6.07) is 40.3. The summed E-state index contributed by atoms with van der Waals surface area (Å²) in [6.45, 7) is 16.2. The standard InChI is InChI=1S/C104H136N6O4S7/c1-7-13-19-25-31-33-35-37-39-51-61-77-81-73-87(91-97-95(107-120-109-97)89(76-59-49-46-50-60-76)99(111-69-53-41-27-21-15-9-3)101(91)113-71-55-43-29-23-17-11-5)117-103(81)78(62-52-40-38-36-34-32-26-20-14-8-2)82-74-88(118-104(77)82)92-98-96(108-121-110-98)90(100(112-70-54-42-28-22-16-10-4)102(92)114-72-56-44-30-24-18-12-6)86-68-67-85(116-86)80-64-63-79(93-94(80)106-119-105-93)84-66-65-83(115-84)75-57-47-45-48-58-75/h45-50,57-60,63-68,73-74H,7-44,51-56,61-62,69-72H2,1-6H3. The molecule has 0 radical (unpaired) electrons. The van der Waals surface area contributed by atoms with Crippen LogP contribution in [0.5, 0.6) is 23.0 Å². The highest BCUT2D eigenvalue weighted by atomic mass is 32.1. The molecule has 0 saturated carbocycles. The Kier molecular flexibility index (Phi) is 38.3. The van der Waals surface area contributed by atoms with Gasteiger partial charge in [0.05, 0.1) is 83.9 Å². The molecule has 0 bridgehead atoms. The number of unbranched alkanes of at least 4 members (excludes halogenated alkanes) is 38. The van der Waals surface area contributed by atoms with E-state index < -0.39 is 0 Å². The van der Waals surface area contributed by atoms with Crippen LogP contribution in [-0.4, -0.2) is 52.7 Å². The lowest BCUT2D eigenvalue weighted by atomic mass is 9.93. The van der Waals surface area contributed by atoms with Crippen LogP contribution in [0.3, 0.4) is 0 Å². The molecule has 121 heavy (non-hydrogen) atoms. The lowest BCUT2D eigenvalue weighted by Crippen LogP contribution is -2.06. The van der Waals surface area contributed by atoms with E-state index in [1.165, 1.54) is 310 Å². The Labute approximate surface area is 753 Å². The maximum atomic E-state index is 7.63. The summed E-state index contributed by atoms with van der Waals surface area (Å²) >= 11 is 11.4. The Morgan fingerprint density at radius 3 is 0.860 bits per heavy atom. The molecule has 6 aromatic carbocycles. The van der Waals surface area contributed by atoms with Crippen molar-refractivity contribution in [2.24, 2.45) is 0 Å². The highest BCUT2D eigenvalue weighted by Gasteiger charge is 2.34. The first-order valence-electron chi connectivity index (χ1n) is 47.7. The summed E-state index contributed by atoms with van der Waals surface area (Å²) < 4.78 is 64.4. The maximum Gasteiger partial charge on any atom is 0.172 e. The zero-order valence-electron chi connectivity index (χ0n) is 73.9. The molecule has 13 aromatic rings. The van der Waals surface area contributed by atoms with Crippen LogP contribution in [0.2, 0.25) is 0 Å². The first kappa shape index (κ1) is 92.0. The zero-order valence-corrected chi connectivity index (χ0v) is 79.6. The Hall–Kier alpha value is -6.70. The van der Waals surface area contributed by atoms with Crippen molar-refractivity contribution in [3.63, 3.8) is 0 Å². The molecule has 0 atom stereocenters. The van der Waals surface area contributed by atoms with E-state index in [0.717, 1.165) is 182 Å². The van der Waals surface area contributed by atoms with Gasteiger partial charge in [0.1, 0.15) is 33.1 Å². The molecule has 0 unspecified atom stereocenters. The second kappa shape index (κ2) is 50.4. The minimum absolute atomic E-state index is 0.572. The van der Waals surface area contributed by atoms with Crippen molar-refractivity contribution in [2.75, 3.05) is 26.4 Å². The van der Waals surface area contributed by atoms with Gasteiger partial charge < -0.3 is 18.9 Å². The Balaban J connectivity index is 0.984. The summed E-state index contributed by atoms with van der Waals surface area (Å²) in [5.74, 6) is 3.22. The van der Waals surface area contributed by atoms with Crippen molar-refractivity contribution >= 4 is 134 Å². The number of benzene rings is 6. The topological polar surface area (TPSA) is 114 Å². The Morgan fingerprint density at radius 2 is 0.504 bits per heavy atom. The molecule has 0 aliphatic heterocycles. The van der Waals surface area contributed by atoms with Gasteiger partial charge in [-0.15, -0.1) is 45.3 Å². The molecule has 0 aliphatic carbocycles. The van der Waals surface area contributed by atoms with E-state index >= 15 is 0 Å². The van der Waals surface area contributed by atoms with Crippen LogP contribution >= 0.6 is 80.5 Å². The molecule has 648 valence electrons. The maximum absolute atomic E-state index is 7.63. The van der Waals surface area contributed by atoms with E-state index in [-0.39, 0.29) is 0 Å². The zero-order chi connectivity index (χ0) is 83.4. The third-order valence-electron chi connectivity index (χ3n) is 24.5. The van der Waals surface area contributed by atoms with Crippen LogP contribution in [-0.2, 0) is 12.8 Å². The average Bonchev–Trinajstić information content (AvgIpc) is 1.56. The van der Waals surface area contributed by atoms with E-state index in [9.17, 15) is 0 Å². The van der Waals surface area contributed by atoms with Gasteiger partial charge in [-0.1, -0.05) is 358 Å². The lowest BCUT2D eigenvalue weighted by Gasteiger charge is -2.20. The van der Waals surface area contributed by atoms with E-state index in [1.54, 1.807) is 11.3 Å². The van der Waals surface area contributed by atoms with E-state index in [4.69, 9.17) is 45.2 Å². The predicted octanol–water partition coefficient (Wildman–Crippen LogP) is 35.8. The number of ether oxygens (including phenoxy) is 4. The molecule has 0 aliphatic rings. The molecular weight excluding hydrogens is 1620 g/mol. The van der Waals surface area contributed by atoms with Crippen molar-refractivity contribution < 1.29 is 18.9 Å². The second-order valence-corrected chi connectivity index (χ2v) is 39.8. The number of thiophene rings is 4. The van der Waals surface area contributed by atoms with Gasteiger partial charge in [0.15, 0.2) is 23.0 Å². The summed E-state index contributed by atoms with van der Waals surface area (Å²) in [7, 11) is 0. The molecule has 0 spiro atoms. The summed E-state index contributed by atoms with van der Waals surface area (Å²) in [6.07, 6.45) is 55.8. The van der Waals surface area contributed by atoms with Gasteiger partial charge in [-0.2, -0.15) is 26.2 Å². The molecular formula is C104H136N6O4S7. The van der Waals surface area contributed by atoms with Crippen LogP contribution in [0, 0.1) is 0 Å². The first-order valence-corrected chi connectivity index (χ1v) is 53.2. The van der Waals surface area contributed by atoms with Crippen molar-refractivity contribution in [3.05, 3.63) is 120 Å². The van der Waals surface area contributed by atoms with Crippen LogP contribution in [0.4, 0.5) is 0 Å². The average molecular weight is 1760 g/mol. The number of fused-ring (bicyclic) bond motifs is 5. The minimum Gasteiger partial charge on any atom is -0.489 e. The monoisotopic (exact) mass is 1760 g/mol. The Morgan fingerprint density at radius 1 is 0.231 bits per heavy atom. The third kappa shape index (κ3) is 24.7. The van der Waals surface area contributed by atoms with Gasteiger partial charge in [0.2, 0.25) is 0 Å². The number of rotatable bonds is 61. The third-order valence-corrected chi connectivity index (χ3v) is 30.8. The number of aromatic nitrogens is 6. The molecule has 13 rings (SSSR count). The normalized spacial score (nSPS) is 11.9. The van der Waals surface area contributed by atoms with Gasteiger partial charge in [-0.05, 0) is 121 Å². The molecule has 0 N–H and O–H groups in total. The summed E-state index contributed by atoms with van der Waals surface area (Å²) in [5, 5.41) is 2.74. The number of aryl methyl sites for hydroxylation is 2. The van der Waals surface area contributed by atoms with E-state index in [2.05, 4.69) is 151 Å². The lowest BCUT2D eigenvalue weighted by molar-refractivity contribution is 0.260. The highest BCUT2D eigenvalue weighted by Crippen LogP contribution is 2.58. The van der Waals surface area contributed by atoms with Crippen molar-refractivity contribution in [1.29, 1.82) is 0 Å². The molecule has 0 fully saturated rings. The van der Waals surface area contributed by atoms with Crippen LogP contribution in [0.15, 0.2) is 109 Å². The fourth-order valence-corrected chi connectivity index (χ4v) is 24.1.